The van der Waals surface area contributed by atoms with Crippen LogP contribution in [0.2, 0.25) is 0 Å². The van der Waals surface area contributed by atoms with Crippen molar-refractivity contribution in [1.82, 2.24) is 5.32 Å². The van der Waals surface area contributed by atoms with E-state index < -0.39 is 6.04 Å². The van der Waals surface area contributed by atoms with Gasteiger partial charge in [0, 0.05) is 10.0 Å². The van der Waals surface area contributed by atoms with Crippen LogP contribution in [0.3, 0.4) is 0 Å². The first kappa shape index (κ1) is 17.4. The molecule has 0 spiro atoms. The lowest BCUT2D eigenvalue weighted by Crippen LogP contribution is -2.50. The van der Waals surface area contributed by atoms with Crippen molar-refractivity contribution in [3.05, 3.63) is 34.3 Å². The highest BCUT2D eigenvalue weighted by Crippen LogP contribution is 2.16. The molecule has 1 aromatic rings. The molecule has 0 aliphatic carbocycles. The first-order valence-corrected chi connectivity index (χ1v) is 6.41. The predicted octanol–water partition coefficient (Wildman–Crippen LogP) is 2.66. The van der Waals surface area contributed by atoms with Crippen LogP contribution in [-0.2, 0) is 11.2 Å². The third-order valence-corrected chi connectivity index (χ3v) is 2.96. The summed E-state index contributed by atoms with van der Waals surface area (Å²) < 4.78 is 1.05. The zero-order chi connectivity index (χ0) is 13.1. The van der Waals surface area contributed by atoms with Gasteiger partial charge in [-0.15, -0.1) is 12.4 Å². The van der Waals surface area contributed by atoms with Gasteiger partial charge in [0.25, 0.3) is 0 Å². The summed E-state index contributed by atoms with van der Waals surface area (Å²) in [7, 11) is 0. The molecule has 1 aromatic carbocycles. The Hall–Kier alpha value is -0.580. The van der Waals surface area contributed by atoms with Crippen molar-refractivity contribution in [3.63, 3.8) is 0 Å². The number of carbonyl (C=O) groups is 1. The lowest BCUT2D eigenvalue weighted by atomic mass is 9.94. The number of benzene rings is 1. The average molecular weight is 336 g/mol. The summed E-state index contributed by atoms with van der Waals surface area (Å²) in [4.78, 5) is 11.6. The van der Waals surface area contributed by atoms with Gasteiger partial charge >= 0.3 is 0 Å². The summed E-state index contributed by atoms with van der Waals surface area (Å²) in [6, 6.07) is 7.62. The molecule has 3 N–H and O–H groups in total. The highest BCUT2D eigenvalue weighted by molar-refractivity contribution is 9.10. The highest BCUT2D eigenvalue weighted by atomic mass is 79.9. The van der Waals surface area contributed by atoms with Gasteiger partial charge in [0.2, 0.25) is 5.91 Å². The summed E-state index contributed by atoms with van der Waals surface area (Å²) in [6.45, 7) is 5.68. The smallest absolute Gasteiger partial charge is 0.237 e. The molecule has 0 unspecified atom stereocenters. The van der Waals surface area contributed by atoms with Crippen LogP contribution >= 0.6 is 28.3 Å². The molecule has 102 valence electrons. The maximum Gasteiger partial charge on any atom is 0.237 e. The van der Waals surface area contributed by atoms with Crippen molar-refractivity contribution in [2.24, 2.45) is 5.73 Å². The number of hydrogen-bond acceptors (Lipinski definition) is 2. The zero-order valence-corrected chi connectivity index (χ0v) is 13.3. The number of rotatable bonds is 4. The largest absolute Gasteiger partial charge is 0.350 e. The maximum absolute atomic E-state index is 11.6. The van der Waals surface area contributed by atoms with E-state index >= 15 is 0 Å². The van der Waals surface area contributed by atoms with E-state index in [1.54, 1.807) is 6.92 Å². The van der Waals surface area contributed by atoms with Crippen LogP contribution in [0.25, 0.3) is 0 Å². The summed E-state index contributed by atoms with van der Waals surface area (Å²) in [5.74, 6) is -0.118. The number of hydrogen-bond donors (Lipinski definition) is 2. The molecule has 0 saturated heterocycles. The quantitative estimate of drug-likeness (QED) is 0.889. The Kier molecular flexibility index (Phi) is 6.89. The molecular weight excluding hydrogens is 316 g/mol. The SMILES string of the molecule is C[C@H](N)C(=O)NC(C)(C)Cc1ccc(Br)cc1.Cl. The summed E-state index contributed by atoms with van der Waals surface area (Å²) in [5, 5.41) is 2.94. The number of amides is 1. The fourth-order valence-corrected chi connectivity index (χ4v) is 1.87. The van der Waals surface area contributed by atoms with Crippen molar-refractivity contribution < 1.29 is 4.79 Å². The second-order valence-electron chi connectivity index (χ2n) is 4.97. The van der Waals surface area contributed by atoms with Gasteiger partial charge in [0.05, 0.1) is 6.04 Å². The van der Waals surface area contributed by atoms with Crippen molar-refractivity contribution >= 4 is 34.2 Å². The van der Waals surface area contributed by atoms with Crippen molar-refractivity contribution in [1.29, 1.82) is 0 Å². The molecule has 0 saturated carbocycles. The normalized spacial score (nSPS) is 12.5. The standard InChI is InChI=1S/C13H19BrN2O.ClH/c1-9(15)12(17)16-13(2,3)8-10-4-6-11(14)7-5-10;/h4-7,9H,8,15H2,1-3H3,(H,16,17);1H/t9-;/m0./s1. The van der Waals surface area contributed by atoms with E-state index in [0.717, 1.165) is 10.9 Å². The van der Waals surface area contributed by atoms with Crippen LogP contribution in [0.1, 0.15) is 26.3 Å². The van der Waals surface area contributed by atoms with Crippen LogP contribution in [0.15, 0.2) is 28.7 Å². The Labute approximate surface area is 123 Å². The van der Waals surface area contributed by atoms with Gasteiger partial charge in [-0.05, 0) is 44.9 Å². The first-order valence-electron chi connectivity index (χ1n) is 5.62. The molecule has 0 aliphatic rings. The Morgan fingerprint density at radius 2 is 1.89 bits per heavy atom. The molecule has 18 heavy (non-hydrogen) atoms. The van der Waals surface area contributed by atoms with Gasteiger partial charge in [0.15, 0.2) is 0 Å². The molecule has 0 aromatic heterocycles. The minimum atomic E-state index is -0.473. The van der Waals surface area contributed by atoms with Gasteiger partial charge in [-0.1, -0.05) is 28.1 Å². The second kappa shape index (κ2) is 7.12. The van der Waals surface area contributed by atoms with E-state index in [4.69, 9.17) is 5.73 Å². The van der Waals surface area contributed by atoms with E-state index in [0.29, 0.717) is 0 Å². The average Bonchev–Trinajstić information content (AvgIpc) is 2.20. The number of nitrogens with one attached hydrogen (secondary N) is 1. The summed E-state index contributed by atoms with van der Waals surface area (Å²) in [6.07, 6.45) is 0.777. The fourth-order valence-electron chi connectivity index (χ4n) is 1.60. The van der Waals surface area contributed by atoms with Crippen LogP contribution in [-0.4, -0.2) is 17.5 Å². The lowest BCUT2D eigenvalue weighted by molar-refractivity contribution is -0.123. The monoisotopic (exact) mass is 334 g/mol. The topological polar surface area (TPSA) is 55.1 Å². The van der Waals surface area contributed by atoms with E-state index in [1.807, 2.05) is 38.1 Å². The van der Waals surface area contributed by atoms with Crippen LogP contribution < -0.4 is 11.1 Å². The van der Waals surface area contributed by atoms with Gasteiger partial charge < -0.3 is 11.1 Å². The van der Waals surface area contributed by atoms with Crippen LogP contribution in [0.5, 0.6) is 0 Å². The summed E-state index contributed by atoms with van der Waals surface area (Å²) in [5.41, 5.74) is 6.43. The van der Waals surface area contributed by atoms with Gasteiger partial charge in [-0.2, -0.15) is 0 Å². The molecule has 0 heterocycles. The Morgan fingerprint density at radius 3 is 2.33 bits per heavy atom. The van der Waals surface area contributed by atoms with Gasteiger partial charge in [-0.25, -0.2) is 0 Å². The van der Waals surface area contributed by atoms with E-state index in [1.165, 1.54) is 5.56 Å². The summed E-state index contributed by atoms with van der Waals surface area (Å²) >= 11 is 3.40. The van der Waals surface area contributed by atoms with E-state index in [-0.39, 0.29) is 23.9 Å². The molecule has 0 fully saturated rings. The van der Waals surface area contributed by atoms with E-state index in [9.17, 15) is 4.79 Å². The molecule has 1 rings (SSSR count). The molecule has 0 bridgehead atoms. The lowest BCUT2D eigenvalue weighted by Gasteiger charge is -2.27. The maximum atomic E-state index is 11.6. The molecule has 5 heteroatoms. The third-order valence-electron chi connectivity index (χ3n) is 2.43. The zero-order valence-electron chi connectivity index (χ0n) is 10.9. The number of halogens is 2. The van der Waals surface area contributed by atoms with Crippen LogP contribution in [0, 0.1) is 0 Å². The van der Waals surface area contributed by atoms with Crippen molar-refractivity contribution in [2.45, 2.75) is 38.8 Å². The second-order valence-corrected chi connectivity index (χ2v) is 5.88. The first-order chi connectivity index (χ1) is 7.80. The highest BCUT2D eigenvalue weighted by Gasteiger charge is 2.22. The van der Waals surface area contributed by atoms with E-state index in [2.05, 4.69) is 21.2 Å². The molecule has 0 aliphatic heterocycles. The third kappa shape index (κ3) is 5.85. The fraction of sp³-hybridized carbons (Fsp3) is 0.462. The van der Waals surface area contributed by atoms with Crippen LogP contribution in [0.4, 0.5) is 0 Å². The number of carbonyl (C=O) groups excluding carboxylic acids is 1. The minimum Gasteiger partial charge on any atom is -0.350 e. The number of nitrogens with two attached hydrogens (primary N) is 1. The van der Waals surface area contributed by atoms with Crippen molar-refractivity contribution in [3.8, 4) is 0 Å². The molecule has 1 amide bonds. The Balaban J connectivity index is 0.00000289. The Bertz CT molecular complexity index is 390. The van der Waals surface area contributed by atoms with Crippen molar-refractivity contribution in [2.75, 3.05) is 0 Å². The molecule has 0 radical (unpaired) electrons. The Morgan fingerprint density at radius 1 is 1.39 bits per heavy atom. The molecule has 3 nitrogen and oxygen atoms in total. The predicted molar refractivity (Wildman–Crippen MR) is 81.0 cm³/mol. The molecule has 1 atom stereocenters. The minimum absolute atomic E-state index is 0. The molecular formula is C13H20BrClN2O. The van der Waals surface area contributed by atoms with Gasteiger partial charge in [0.1, 0.15) is 0 Å². The van der Waals surface area contributed by atoms with Gasteiger partial charge in [-0.3, -0.25) is 4.79 Å².